The number of hydrogen-bond acceptors (Lipinski definition) is 7. The van der Waals surface area contributed by atoms with Crippen molar-refractivity contribution in [2.24, 2.45) is 4.99 Å². The number of ether oxygens (including phenoxy) is 2. The van der Waals surface area contributed by atoms with Gasteiger partial charge in [0.05, 0.1) is 39.0 Å². The molecule has 1 fully saturated rings. The van der Waals surface area contributed by atoms with Gasteiger partial charge < -0.3 is 9.47 Å². The molecule has 2 heterocycles. The Morgan fingerprint density at radius 1 is 1.37 bits per heavy atom. The van der Waals surface area contributed by atoms with Crippen molar-refractivity contribution in [2.45, 2.75) is 18.9 Å². The maximum atomic E-state index is 9.46. The molecule has 1 aromatic carbocycles. The number of hydrogen-bond donors (Lipinski definition) is 0. The van der Waals surface area contributed by atoms with Gasteiger partial charge in [-0.05, 0) is 24.6 Å². The molecule has 1 saturated heterocycles. The number of nitriles is 1. The van der Waals surface area contributed by atoms with Crippen LogP contribution in [-0.2, 0) is 4.74 Å². The van der Waals surface area contributed by atoms with Crippen LogP contribution in [0.2, 0.25) is 0 Å². The maximum absolute atomic E-state index is 9.46. The average Bonchev–Trinajstić information content (AvgIpc) is 3.15. The van der Waals surface area contributed by atoms with Crippen LogP contribution in [0.1, 0.15) is 28.2 Å². The maximum Gasteiger partial charge on any atom is 0.133 e. The van der Waals surface area contributed by atoms with Gasteiger partial charge in [0, 0.05) is 30.4 Å². The third kappa shape index (κ3) is 5.13. The Hall–Kier alpha value is -2.27. The number of methoxy groups -OCH3 is 1. The van der Waals surface area contributed by atoms with E-state index in [9.17, 15) is 5.26 Å². The van der Waals surface area contributed by atoms with Crippen molar-refractivity contribution in [3.8, 4) is 11.8 Å². The van der Waals surface area contributed by atoms with Crippen molar-refractivity contribution in [3.63, 3.8) is 0 Å². The van der Waals surface area contributed by atoms with Crippen LogP contribution >= 0.6 is 11.3 Å². The third-order valence-corrected chi connectivity index (χ3v) is 5.61. The van der Waals surface area contributed by atoms with Crippen LogP contribution in [-0.4, -0.2) is 56.1 Å². The Morgan fingerprint density at radius 3 is 2.70 bits per heavy atom. The van der Waals surface area contributed by atoms with Crippen LogP contribution in [0.15, 0.2) is 34.6 Å². The molecule has 0 saturated carbocycles. The second-order valence-corrected chi connectivity index (χ2v) is 7.28. The molecule has 0 spiro atoms. The number of aliphatic imine (C=N–C) groups is 1. The van der Waals surface area contributed by atoms with Gasteiger partial charge in [0.15, 0.2) is 0 Å². The fourth-order valence-corrected chi connectivity index (χ4v) is 3.88. The summed E-state index contributed by atoms with van der Waals surface area (Å²) in [6.45, 7) is 5.74. The number of benzene rings is 1. The Bertz CT molecular complexity index is 791. The standard InChI is InChI=1S/C20H24N4O2S/c1-15-14-27-20(23-15)17(11-21)12-22-13-19(24-7-9-26-10-8-24)16-3-5-18(25-2)6-4-16/h3-6,12,14,17,19H,7-10,13H2,1-2H3/t17-,19+/m1/s1. The molecule has 0 aliphatic carbocycles. The fourth-order valence-electron chi connectivity index (χ4n) is 3.08. The quantitative estimate of drug-likeness (QED) is 0.686. The smallest absolute Gasteiger partial charge is 0.133 e. The van der Waals surface area contributed by atoms with Crippen molar-refractivity contribution in [1.29, 1.82) is 5.26 Å². The minimum absolute atomic E-state index is 0.147. The number of aryl methyl sites for hydroxylation is 1. The Kier molecular flexibility index (Phi) is 6.93. The first-order chi connectivity index (χ1) is 13.2. The van der Waals surface area contributed by atoms with E-state index in [1.54, 1.807) is 13.3 Å². The SMILES string of the molecule is COc1ccc([C@H](CN=C[C@@H](C#N)c2nc(C)cs2)N2CCOCC2)cc1. The number of rotatable bonds is 7. The van der Waals surface area contributed by atoms with Crippen LogP contribution in [0.3, 0.4) is 0 Å². The Balaban J connectivity index is 1.74. The Labute approximate surface area is 164 Å². The predicted octanol–water partition coefficient (Wildman–Crippen LogP) is 3.21. The van der Waals surface area contributed by atoms with Crippen LogP contribution in [0.25, 0.3) is 0 Å². The number of nitrogens with zero attached hydrogens (tertiary/aromatic N) is 4. The van der Waals surface area contributed by atoms with Crippen LogP contribution < -0.4 is 4.74 Å². The van der Waals surface area contributed by atoms with E-state index < -0.39 is 5.92 Å². The van der Waals surface area contributed by atoms with E-state index in [1.165, 1.54) is 16.9 Å². The number of thiazole rings is 1. The van der Waals surface area contributed by atoms with Gasteiger partial charge in [0.2, 0.25) is 0 Å². The first-order valence-electron chi connectivity index (χ1n) is 8.98. The molecule has 0 amide bonds. The minimum atomic E-state index is -0.398. The summed E-state index contributed by atoms with van der Waals surface area (Å²) < 4.78 is 10.8. The van der Waals surface area contributed by atoms with Gasteiger partial charge >= 0.3 is 0 Å². The van der Waals surface area contributed by atoms with Crippen molar-refractivity contribution in [2.75, 3.05) is 40.0 Å². The average molecular weight is 385 g/mol. The topological polar surface area (TPSA) is 70.7 Å². The lowest BCUT2D eigenvalue weighted by Crippen LogP contribution is -2.40. The normalized spacial score (nSPS) is 17.5. The van der Waals surface area contributed by atoms with Gasteiger partial charge in [0.1, 0.15) is 16.7 Å². The summed E-state index contributed by atoms with van der Waals surface area (Å²) in [5.74, 6) is 0.441. The molecule has 2 aromatic rings. The van der Waals surface area contributed by atoms with E-state index >= 15 is 0 Å². The lowest BCUT2D eigenvalue weighted by Gasteiger charge is -2.34. The molecule has 0 radical (unpaired) electrons. The highest BCUT2D eigenvalue weighted by molar-refractivity contribution is 7.09. The zero-order valence-electron chi connectivity index (χ0n) is 15.7. The second kappa shape index (κ2) is 9.60. The second-order valence-electron chi connectivity index (χ2n) is 6.39. The molecule has 0 bridgehead atoms. The van der Waals surface area contributed by atoms with Crippen molar-refractivity contribution in [3.05, 3.63) is 45.9 Å². The van der Waals surface area contributed by atoms with Gasteiger partial charge in [-0.3, -0.25) is 9.89 Å². The van der Waals surface area contributed by atoms with Crippen LogP contribution in [0.4, 0.5) is 0 Å². The molecule has 7 heteroatoms. The molecule has 1 aliphatic rings. The van der Waals surface area contributed by atoms with E-state index in [0.717, 1.165) is 42.8 Å². The molecule has 2 atom stereocenters. The highest BCUT2D eigenvalue weighted by Crippen LogP contribution is 2.25. The van der Waals surface area contributed by atoms with Gasteiger partial charge in [-0.15, -0.1) is 11.3 Å². The van der Waals surface area contributed by atoms with Gasteiger partial charge in [-0.25, -0.2) is 4.98 Å². The lowest BCUT2D eigenvalue weighted by molar-refractivity contribution is 0.0180. The van der Waals surface area contributed by atoms with Gasteiger partial charge in [-0.2, -0.15) is 5.26 Å². The van der Waals surface area contributed by atoms with Gasteiger partial charge in [0.25, 0.3) is 0 Å². The van der Waals surface area contributed by atoms with Crippen molar-refractivity contribution >= 4 is 17.6 Å². The van der Waals surface area contributed by atoms with E-state index in [2.05, 4.69) is 33.1 Å². The fraction of sp³-hybridized carbons (Fsp3) is 0.450. The summed E-state index contributed by atoms with van der Waals surface area (Å²) in [6, 6.07) is 10.6. The third-order valence-electron chi connectivity index (χ3n) is 4.56. The van der Waals surface area contributed by atoms with Crippen LogP contribution in [0.5, 0.6) is 5.75 Å². The summed E-state index contributed by atoms with van der Waals surface area (Å²) in [7, 11) is 1.67. The predicted molar refractivity (Wildman–Crippen MR) is 107 cm³/mol. The molecule has 27 heavy (non-hydrogen) atoms. The molecule has 6 nitrogen and oxygen atoms in total. The summed E-state index contributed by atoms with van der Waals surface area (Å²) in [6.07, 6.45) is 1.73. The molecular weight excluding hydrogens is 360 g/mol. The first kappa shape index (κ1) is 19.5. The monoisotopic (exact) mass is 384 g/mol. The molecule has 1 aliphatic heterocycles. The summed E-state index contributed by atoms with van der Waals surface area (Å²) in [5.41, 5.74) is 2.13. The van der Waals surface area contributed by atoms with E-state index in [-0.39, 0.29) is 6.04 Å². The number of morpholine rings is 1. The highest BCUT2D eigenvalue weighted by Gasteiger charge is 2.22. The molecule has 142 valence electrons. The van der Waals surface area contributed by atoms with E-state index in [1.807, 2.05) is 24.4 Å². The van der Waals surface area contributed by atoms with Crippen molar-refractivity contribution in [1.82, 2.24) is 9.88 Å². The molecule has 0 unspecified atom stereocenters. The first-order valence-corrected chi connectivity index (χ1v) is 9.86. The van der Waals surface area contributed by atoms with Gasteiger partial charge in [-0.1, -0.05) is 12.1 Å². The zero-order valence-corrected chi connectivity index (χ0v) is 16.5. The summed E-state index contributed by atoms with van der Waals surface area (Å²) in [5, 5.41) is 12.2. The molecule has 3 rings (SSSR count). The molecular formula is C20H24N4O2S. The highest BCUT2D eigenvalue weighted by atomic mass is 32.1. The Morgan fingerprint density at radius 2 is 2.11 bits per heavy atom. The van der Waals surface area contributed by atoms with E-state index in [4.69, 9.17) is 9.47 Å². The van der Waals surface area contributed by atoms with Crippen molar-refractivity contribution < 1.29 is 9.47 Å². The zero-order chi connectivity index (χ0) is 19.1. The summed E-state index contributed by atoms with van der Waals surface area (Å²) >= 11 is 1.50. The number of aromatic nitrogens is 1. The minimum Gasteiger partial charge on any atom is -0.497 e. The van der Waals surface area contributed by atoms with E-state index in [0.29, 0.717) is 6.54 Å². The summed E-state index contributed by atoms with van der Waals surface area (Å²) in [4.78, 5) is 11.4. The van der Waals surface area contributed by atoms with Crippen LogP contribution in [0, 0.1) is 18.3 Å². The molecule has 1 aromatic heterocycles. The largest absolute Gasteiger partial charge is 0.497 e. The lowest BCUT2D eigenvalue weighted by atomic mass is 10.0. The molecule has 0 N–H and O–H groups in total.